The van der Waals surface area contributed by atoms with E-state index in [9.17, 15) is 19.2 Å². The second-order valence-electron chi connectivity index (χ2n) is 27.2. The molecule has 0 bridgehead atoms. The molecule has 88 heavy (non-hydrogen) atoms. The molecule has 6 aromatic carbocycles. The molecular formula is C72H92N8O8+2. The maximum absolute atomic E-state index is 14.2. The summed E-state index contributed by atoms with van der Waals surface area (Å²) in [5.41, 5.74) is 11.4. The third-order valence-electron chi connectivity index (χ3n) is 14.8. The highest BCUT2D eigenvalue weighted by Crippen LogP contribution is 2.34. The summed E-state index contributed by atoms with van der Waals surface area (Å²) in [6.07, 6.45) is 8.07. The quantitative estimate of drug-likeness (QED) is 0.0344. The van der Waals surface area contributed by atoms with Gasteiger partial charge < -0.3 is 18.9 Å². The number of carbonyl (C=O) groups is 4. The lowest BCUT2D eigenvalue weighted by Gasteiger charge is -2.28. The minimum atomic E-state index is -0.705. The molecule has 0 aliphatic rings. The van der Waals surface area contributed by atoms with E-state index in [0.29, 0.717) is 24.5 Å². The molecule has 8 rings (SSSR count). The predicted molar refractivity (Wildman–Crippen MR) is 354 cm³/mol. The Hall–Kier alpha value is -8.40. The van der Waals surface area contributed by atoms with Crippen LogP contribution >= 0.6 is 0 Å². The smallest absolute Gasteiger partial charge is 0.414 e. The fourth-order valence-corrected chi connectivity index (χ4v) is 10.9. The van der Waals surface area contributed by atoms with Gasteiger partial charge in [-0.2, -0.15) is 0 Å². The van der Waals surface area contributed by atoms with Crippen molar-refractivity contribution in [2.75, 3.05) is 33.5 Å². The van der Waals surface area contributed by atoms with Crippen LogP contribution in [-0.4, -0.2) is 69.8 Å². The molecule has 2 aromatic heterocycles. The molecule has 4 amide bonds. The van der Waals surface area contributed by atoms with E-state index in [1.165, 1.54) is 0 Å². The van der Waals surface area contributed by atoms with Gasteiger partial charge in [-0.05, 0) is 170 Å². The molecule has 0 aliphatic carbocycles. The maximum Gasteiger partial charge on any atom is 0.414 e. The van der Waals surface area contributed by atoms with E-state index < -0.39 is 46.8 Å². The fraction of sp³-hybridized carbons (Fsp3) is 0.444. The Kier molecular flexibility index (Phi) is 20.4. The number of carbonyl (C=O) groups excluding carboxylic acids is 4. The van der Waals surface area contributed by atoms with Gasteiger partial charge >= 0.3 is 24.4 Å². The molecule has 0 saturated heterocycles. The summed E-state index contributed by atoms with van der Waals surface area (Å²) < 4.78 is 27.6. The van der Waals surface area contributed by atoms with Gasteiger partial charge in [-0.3, -0.25) is 20.4 Å². The van der Waals surface area contributed by atoms with Crippen molar-refractivity contribution >= 4 is 91.3 Å². The van der Waals surface area contributed by atoms with Gasteiger partial charge in [0.2, 0.25) is 33.4 Å². The van der Waals surface area contributed by atoms with Gasteiger partial charge in [-0.15, -0.1) is 9.13 Å². The zero-order valence-corrected chi connectivity index (χ0v) is 54.8. The van der Waals surface area contributed by atoms with Crippen LogP contribution in [0.4, 0.5) is 41.9 Å². The number of rotatable bonds is 19. The standard InChI is InChI=1S/C72H90N8O8/c1-47-39-55-61(43-53(47)75-65(81)85-69(5,6)7)79(51-33-27-25-28-34-51)63-45-59(49(3)41-57(63)73-55)77(67(83)87-71(11,12)13)37-31-23-21-19-17-18-20-22-24-32-38-78(68(84)88-72(14,15)16)60-46-64-58(42-50(60)4)74-56-40-48(2)54(76-66(82)86-70(8,9)10)44-62(56)80(64)52-35-29-26-30-36-52/h25-30,33-36,39-46H,17-24,31-32,37-38H2,1-16H3/p+2. The predicted octanol–water partition coefficient (Wildman–Crippen LogP) is 17.7. The van der Waals surface area contributed by atoms with Crippen molar-refractivity contribution in [3.05, 3.63) is 131 Å². The van der Waals surface area contributed by atoms with Crippen molar-refractivity contribution in [2.45, 2.75) is 197 Å². The van der Waals surface area contributed by atoms with Crippen LogP contribution in [0.25, 0.3) is 55.5 Å². The van der Waals surface area contributed by atoms with Crippen LogP contribution < -0.4 is 29.6 Å². The number of amides is 4. The Balaban J connectivity index is 0.922. The number of hydrogen-bond donors (Lipinski definition) is 2. The summed E-state index contributed by atoms with van der Waals surface area (Å²) in [5, 5.41) is 5.91. The molecule has 16 heteroatoms. The van der Waals surface area contributed by atoms with Crippen LogP contribution in [0.15, 0.2) is 109 Å². The summed E-state index contributed by atoms with van der Waals surface area (Å²) >= 11 is 0. The average molecular weight is 1200 g/mol. The molecule has 0 fully saturated rings. The Morgan fingerprint density at radius 3 is 0.977 bits per heavy atom. The van der Waals surface area contributed by atoms with E-state index in [2.05, 4.69) is 19.8 Å². The summed E-state index contributed by atoms with van der Waals surface area (Å²) in [7, 11) is 0. The highest BCUT2D eigenvalue weighted by atomic mass is 16.6. The minimum absolute atomic E-state index is 0.404. The normalized spacial score (nSPS) is 12.1. The molecule has 0 spiro atoms. The van der Waals surface area contributed by atoms with Crippen LogP contribution in [0, 0.1) is 27.7 Å². The highest BCUT2D eigenvalue weighted by Gasteiger charge is 2.31. The zero-order valence-electron chi connectivity index (χ0n) is 54.8. The highest BCUT2D eigenvalue weighted by molar-refractivity contribution is 5.97. The van der Waals surface area contributed by atoms with Crippen LogP contribution in [0.5, 0.6) is 0 Å². The summed E-state index contributed by atoms with van der Waals surface area (Å²) in [6, 6.07) is 36.0. The second-order valence-corrected chi connectivity index (χ2v) is 27.2. The first-order valence-electron chi connectivity index (χ1n) is 31.2. The second kappa shape index (κ2) is 27.3. The number of unbranched alkanes of at least 4 members (excludes halogenated alkanes) is 9. The molecule has 2 heterocycles. The Bertz CT molecular complexity index is 3590. The largest absolute Gasteiger partial charge is 0.444 e. The van der Waals surface area contributed by atoms with Gasteiger partial charge in [0.1, 0.15) is 44.5 Å². The first kappa shape index (κ1) is 65.6. The molecule has 0 atom stereocenters. The van der Waals surface area contributed by atoms with Crippen molar-refractivity contribution in [1.82, 2.24) is 9.97 Å². The Labute approximate surface area is 519 Å². The monoisotopic (exact) mass is 1200 g/mol. The van der Waals surface area contributed by atoms with Gasteiger partial charge in [-0.25, -0.2) is 29.1 Å². The Morgan fingerprint density at radius 1 is 0.386 bits per heavy atom. The Morgan fingerprint density at radius 2 is 0.670 bits per heavy atom. The number of hydrogen-bond acceptors (Lipinski definition) is 10. The third-order valence-corrected chi connectivity index (χ3v) is 14.8. The minimum Gasteiger partial charge on any atom is -0.444 e. The van der Waals surface area contributed by atoms with Crippen molar-refractivity contribution in [2.24, 2.45) is 0 Å². The molecule has 2 N–H and O–H groups in total. The summed E-state index contributed by atoms with van der Waals surface area (Å²) in [4.78, 5) is 68.4. The third kappa shape index (κ3) is 17.2. The fourth-order valence-electron chi connectivity index (χ4n) is 10.9. The first-order valence-corrected chi connectivity index (χ1v) is 31.2. The van der Waals surface area contributed by atoms with E-state index in [4.69, 9.17) is 28.9 Å². The lowest BCUT2D eigenvalue weighted by molar-refractivity contribution is -0.538. The van der Waals surface area contributed by atoms with Gasteiger partial charge in [-0.1, -0.05) is 87.8 Å². The zero-order chi connectivity index (χ0) is 63.9. The number of aryl methyl sites for hydroxylation is 4. The molecule has 0 radical (unpaired) electrons. The van der Waals surface area contributed by atoms with Crippen LogP contribution in [0.2, 0.25) is 0 Å². The number of benzene rings is 6. The number of ether oxygens (including phenoxy) is 4. The van der Waals surface area contributed by atoms with Crippen molar-refractivity contribution in [1.29, 1.82) is 0 Å². The molecule has 466 valence electrons. The van der Waals surface area contributed by atoms with E-state index in [1.807, 2.05) is 220 Å². The SMILES string of the molecule is Cc1cc2nc3cc(C)c(N(CCCCCCCCCCCCN(C(=O)OC(C)(C)C)c4cc5c(cc4C)nc4cc(C)c(NC(=O)OC(C)(C)C)cc4[n+]5-c4ccccc4)C(=O)OC(C)(C)C)cc3[n+](-c3ccccc3)c2cc1NC(=O)OC(C)(C)C. The number of fused-ring (bicyclic) bond motifs is 4. The van der Waals surface area contributed by atoms with Crippen LogP contribution in [0.3, 0.4) is 0 Å². The lowest BCUT2D eigenvalue weighted by atomic mass is 10.1. The molecule has 16 nitrogen and oxygen atoms in total. The number of nitrogens with one attached hydrogen (secondary N) is 2. The van der Waals surface area contributed by atoms with E-state index >= 15 is 0 Å². The molecular weight excluding hydrogens is 1100 g/mol. The molecule has 8 aromatic rings. The van der Waals surface area contributed by atoms with E-state index in [1.54, 1.807) is 9.80 Å². The number of anilines is 4. The van der Waals surface area contributed by atoms with E-state index in [-0.39, 0.29) is 0 Å². The van der Waals surface area contributed by atoms with Gasteiger partial charge in [0.15, 0.2) is 0 Å². The molecule has 0 aliphatic heterocycles. The first-order chi connectivity index (χ1) is 41.4. The van der Waals surface area contributed by atoms with Crippen molar-refractivity contribution in [3.8, 4) is 11.4 Å². The molecule has 0 saturated carbocycles. The van der Waals surface area contributed by atoms with Gasteiger partial charge in [0.25, 0.3) is 0 Å². The number of aromatic nitrogens is 4. The maximum atomic E-state index is 14.2. The van der Waals surface area contributed by atoms with E-state index in [0.717, 1.165) is 153 Å². The van der Waals surface area contributed by atoms with Crippen molar-refractivity contribution < 1.29 is 47.3 Å². The lowest BCUT2D eigenvalue weighted by Crippen LogP contribution is -2.38. The summed E-state index contributed by atoms with van der Waals surface area (Å²) in [5.74, 6) is 0. The van der Waals surface area contributed by atoms with Crippen LogP contribution in [-0.2, 0) is 18.9 Å². The van der Waals surface area contributed by atoms with Crippen molar-refractivity contribution in [3.63, 3.8) is 0 Å². The topological polar surface area (TPSA) is 169 Å². The number of para-hydroxylation sites is 2. The van der Waals surface area contributed by atoms with Gasteiger partial charge in [0.05, 0.1) is 22.7 Å². The van der Waals surface area contributed by atoms with Crippen LogP contribution in [0.1, 0.15) is 170 Å². The molecule has 0 unspecified atom stereocenters. The average Bonchev–Trinajstić information content (AvgIpc) is 1.81. The van der Waals surface area contributed by atoms with Gasteiger partial charge in [0, 0.05) is 61.6 Å². The number of nitrogens with zero attached hydrogens (tertiary/aromatic N) is 6. The summed E-state index contributed by atoms with van der Waals surface area (Å²) in [6.45, 7) is 31.2.